The van der Waals surface area contributed by atoms with E-state index in [0.717, 1.165) is 16.8 Å². The normalized spacial score (nSPS) is 12.2. The number of benzene rings is 2. The molecular formula is C25H28N6O2. The SMILES string of the molecule is COc1ccc([C@H](CNc2cc(Cn3ncc4ccccc4c3=O)nc(C)n2)N(C)C)cc1. The molecule has 2 heterocycles. The molecule has 1 N–H and O–H groups in total. The highest BCUT2D eigenvalue weighted by molar-refractivity contribution is 5.80. The maximum atomic E-state index is 12.8. The van der Waals surface area contributed by atoms with Crippen LogP contribution in [0.2, 0.25) is 0 Å². The lowest BCUT2D eigenvalue weighted by atomic mass is 10.1. The summed E-state index contributed by atoms with van der Waals surface area (Å²) in [5.74, 6) is 2.18. The standard InChI is InChI=1S/C25H28N6O2/c1-17-28-20(16-31-25(32)22-8-6-5-7-19(22)14-27-31)13-24(29-17)26-15-23(30(2)3)18-9-11-21(33-4)12-10-18/h5-14,23H,15-16H2,1-4H3,(H,26,28,29)/t23-/m0/s1. The Morgan fingerprint density at radius 2 is 1.85 bits per heavy atom. The van der Waals surface area contributed by atoms with Gasteiger partial charge in [0.25, 0.3) is 5.56 Å². The van der Waals surface area contributed by atoms with Crippen molar-refractivity contribution < 1.29 is 4.74 Å². The number of likely N-dealkylation sites (N-methyl/N-ethyl adjacent to an activating group) is 1. The van der Waals surface area contributed by atoms with Crippen molar-refractivity contribution in [2.24, 2.45) is 0 Å². The van der Waals surface area contributed by atoms with E-state index in [0.29, 0.717) is 23.6 Å². The minimum absolute atomic E-state index is 0.133. The van der Waals surface area contributed by atoms with Crippen molar-refractivity contribution in [2.75, 3.05) is 33.1 Å². The largest absolute Gasteiger partial charge is 0.497 e. The Bertz CT molecular complexity index is 1300. The predicted octanol–water partition coefficient (Wildman–Crippen LogP) is 3.27. The topological polar surface area (TPSA) is 85.2 Å². The number of aromatic nitrogens is 4. The Labute approximate surface area is 192 Å². The fourth-order valence-electron chi connectivity index (χ4n) is 3.82. The van der Waals surface area contributed by atoms with E-state index in [1.807, 2.05) is 63.5 Å². The lowest BCUT2D eigenvalue weighted by Gasteiger charge is -2.25. The fourth-order valence-corrected chi connectivity index (χ4v) is 3.82. The maximum absolute atomic E-state index is 12.8. The first-order valence-corrected chi connectivity index (χ1v) is 10.8. The number of hydrogen-bond donors (Lipinski definition) is 1. The molecule has 0 aliphatic carbocycles. The minimum Gasteiger partial charge on any atom is -0.497 e. The summed E-state index contributed by atoms with van der Waals surface area (Å²) >= 11 is 0. The Kier molecular flexibility index (Phi) is 6.65. The average molecular weight is 445 g/mol. The first kappa shape index (κ1) is 22.4. The van der Waals surface area contributed by atoms with Gasteiger partial charge in [-0.1, -0.05) is 30.3 Å². The second-order valence-electron chi connectivity index (χ2n) is 8.12. The van der Waals surface area contributed by atoms with E-state index in [-0.39, 0.29) is 18.1 Å². The van der Waals surface area contributed by atoms with Gasteiger partial charge in [-0.2, -0.15) is 5.10 Å². The summed E-state index contributed by atoms with van der Waals surface area (Å²) in [7, 11) is 5.76. The van der Waals surface area contributed by atoms with Gasteiger partial charge in [0.2, 0.25) is 0 Å². The van der Waals surface area contributed by atoms with Gasteiger partial charge in [-0.05, 0) is 44.8 Å². The number of fused-ring (bicyclic) bond motifs is 1. The van der Waals surface area contributed by atoms with Crippen LogP contribution in [0.1, 0.15) is 23.1 Å². The van der Waals surface area contributed by atoms with Crippen LogP contribution >= 0.6 is 0 Å². The van der Waals surface area contributed by atoms with E-state index >= 15 is 0 Å². The summed E-state index contributed by atoms with van der Waals surface area (Å²) < 4.78 is 6.71. The lowest BCUT2D eigenvalue weighted by molar-refractivity contribution is 0.311. The van der Waals surface area contributed by atoms with Gasteiger partial charge in [-0.3, -0.25) is 4.79 Å². The Morgan fingerprint density at radius 1 is 1.09 bits per heavy atom. The molecule has 33 heavy (non-hydrogen) atoms. The third-order valence-electron chi connectivity index (χ3n) is 5.57. The minimum atomic E-state index is -0.133. The molecule has 0 saturated carbocycles. The molecule has 4 aromatic rings. The number of hydrogen-bond acceptors (Lipinski definition) is 7. The molecule has 0 radical (unpaired) electrons. The average Bonchev–Trinajstić information content (AvgIpc) is 2.81. The molecular weight excluding hydrogens is 416 g/mol. The third-order valence-corrected chi connectivity index (χ3v) is 5.57. The van der Waals surface area contributed by atoms with Gasteiger partial charge in [-0.15, -0.1) is 0 Å². The molecule has 0 aliphatic rings. The highest BCUT2D eigenvalue weighted by Gasteiger charge is 2.15. The highest BCUT2D eigenvalue weighted by Crippen LogP contribution is 2.22. The number of rotatable bonds is 8. The van der Waals surface area contributed by atoms with E-state index in [1.165, 1.54) is 10.2 Å². The number of anilines is 1. The van der Waals surface area contributed by atoms with Gasteiger partial charge in [0.05, 0.1) is 37.0 Å². The molecule has 8 heteroatoms. The zero-order chi connectivity index (χ0) is 23.4. The summed E-state index contributed by atoms with van der Waals surface area (Å²) in [6.07, 6.45) is 1.71. The van der Waals surface area contributed by atoms with Crippen LogP contribution in [0.15, 0.2) is 65.6 Å². The van der Waals surface area contributed by atoms with Crippen LogP contribution in [0.25, 0.3) is 10.8 Å². The van der Waals surface area contributed by atoms with E-state index in [9.17, 15) is 4.79 Å². The van der Waals surface area contributed by atoms with Crippen LogP contribution in [0, 0.1) is 6.92 Å². The van der Waals surface area contributed by atoms with E-state index in [2.05, 4.69) is 37.4 Å². The lowest BCUT2D eigenvalue weighted by Crippen LogP contribution is -2.27. The Balaban J connectivity index is 1.53. The first-order chi connectivity index (χ1) is 15.9. The molecule has 0 saturated heterocycles. The molecule has 170 valence electrons. The summed E-state index contributed by atoms with van der Waals surface area (Å²) in [6.45, 7) is 2.78. The van der Waals surface area contributed by atoms with Gasteiger partial charge in [0.1, 0.15) is 17.4 Å². The van der Waals surface area contributed by atoms with Crippen molar-refractivity contribution in [3.05, 3.63) is 88.2 Å². The smallest absolute Gasteiger partial charge is 0.274 e. The molecule has 2 aromatic heterocycles. The molecule has 0 spiro atoms. The summed E-state index contributed by atoms with van der Waals surface area (Å²) in [4.78, 5) is 24.0. The number of nitrogens with one attached hydrogen (secondary N) is 1. The van der Waals surface area contributed by atoms with E-state index in [1.54, 1.807) is 13.3 Å². The molecule has 0 aliphatic heterocycles. The maximum Gasteiger partial charge on any atom is 0.274 e. The van der Waals surface area contributed by atoms with Gasteiger partial charge >= 0.3 is 0 Å². The van der Waals surface area contributed by atoms with Crippen molar-refractivity contribution in [1.82, 2.24) is 24.6 Å². The first-order valence-electron chi connectivity index (χ1n) is 10.8. The molecule has 2 aromatic carbocycles. The highest BCUT2D eigenvalue weighted by atomic mass is 16.5. The number of methoxy groups -OCH3 is 1. The molecule has 8 nitrogen and oxygen atoms in total. The summed E-state index contributed by atoms with van der Waals surface area (Å²) in [5.41, 5.74) is 1.76. The second kappa shape index (κ2) is 9.79. The van der Waals surface area contributed by atoms with Crippen molar-refractivity contribution in [3.63, 3.8) is 0 Å². The Morgan fingerprint density at radius 3 is 2.58 bits per heavy atom. The van der Waals surface area contributed by atoms with Crippen molar-refractivity contribution in [3.8, 4) is 5.75 Å². The third kappa shape index (κ3) is 5.18. The van der Waals surface area contributed by atoms with Crippen LogP contribution in [0.3, 0.4) is 0 Å². The molecule has 0 amide bonds. The van der Waals surface area contributed by atoms with Crippen LogP contribution in [-0.2, 0) is 6.54 Å². The molecule has 0 bridgehead atoms. The number of aryl methyl sites for hydroxylation is 1. The molecule has 1 atom stereocenters. The number of ether oxygens (including phenoxy) is 1. The van der Waals surface area contributed by atoms with Gasteiger partial charge in [-0.25, -0.2) is 14.6 Å². The van der Waals surface area contributed by atoms with Crippen molar-refractivity contribution in [1.29, 1.82) is 0 Å². The summed E-state index contributed by atoms with van der Waals surface area (Å²) in [5, 5.41) is 9.22. The molecule has 0 fully saturated rings. The zero-order valence-corrected chi connectivity index (χ0v) is 19.3. The van der Waals surface area contributed by atoms with Crippen LogP contribution < -0.4 is 15.6 Å². The van der Waals surface area contributed by atoms with Crippen molar-refractivity contribution in [2.45, 2.75) is 19.5 Å². The van der Waals surface area contributed by atoms with Gasteiger partial charge in [0, 0.05) is 18.0 Å². The van der Waals surface area contributed by atoms with Crippen LogP contribution in [0.4, 0.5) is 5.82 Å². The summed E-state index contributed by atoms with van der Waals surface area (Å²) in [6, 6.07) is 17.5. The van der Waals surface area contributed by atoms with E-state index in [4.69, 9.17) is 4.74 Å². The van der Waals surface area contributed by atoms with Crippen LogP contribution in [0.5, 0.6) is 5.75 Å². The van der Waals surface area contributed by atoms with Crippen molar-refractivity contribution >= 4 is 16.6 Å². The molecule has 4 rings (SSSR count). The second-order valence-corrected chi connectivity index (χ2v) is 8.12. The number of nitrogens with zero attached hydrogens (tertiary/aromatic N) is 5. The zero-order valence-electron chi connectivity index (χ0n) is 19.3. The monoisotopic (exact) mass is 444 g/mol. The van der Waals surface area contributed by atoms with Gasteiger partial charge < -0.3 is 15.0 Å². The predicted molar refractivity (Wildman–Crippen MR) is 130 cm³/mol. The Hall–Kier alpha value is -3.78. The van der Waals surface area contributed by atoms with E-state index < -0.39 is 0 Å². The quantitative estimate of drug-likeness (QED) is 0.446. The van der Waals surface area contributed by atoms with Crippen LogP contribution in [-0.4, -0.2) is 52.4 Å². The fraction of sp³-hybridized carbons (Fsp3) is 0.280. The molecule has 0 unspecified atom stereocenters. The van der Waals surface area contributed by atoms with Gasteiger partial charge in [0.15, 0.2) is 0 Å².